The van der Waals surface area contributed by atoms with Crippen LogP contribution in [0.2, 0.25) is 0 Å². The van der Waals surface area contributed by atoms with Crippen molar-refractivity contribution in [3.8, 4) is 28.7 Å². The Morgan fingerprint density at radius 3 is 1.74 bits per heavy atom. The van der Waals surface area contributed by atoms with E-state index in [-0.39, 0.29) is 24.1 Å². The zero-order valence-corrected chi connectivity index (χ0v) is 23.0. The van der Waals surface area contributed by atoms with E-state index in [4.69, 9.17) is 32.8 Å². The highest BCUT2D eigenvalue weighted by Gasteiger charge is 2.53. The summed E-state index contributed by atoms with van der Waals surface area (Å²) < 4.78 is 52.1. The highest BCUT2D eigenvalue weighted by atomic mass is 19.1. The molecule has 0 amide bonds. The van der Waals surface area contributed by atoms with E-state index < -0.39 is 60.4 Å². The van der Waals surface area contributed by atoms with Crippen LogP contribution in [0, 0.1) is 5.82 Å². The van der Waals surface area contributed by atoms with Gasteiger partial charge in [-0.05, 0) is 48.5 Å². The second-order valence-corrected chi connectivity index (χ2v) is 9.13. The number of rotatable bonds is 9. The van der Waals surface area contributed by atoms with E-state index >= 15 is 0 Å². The first kappa shape index (κ1) is 30.1. The summed E-state index contributed by atoms with van der Waals surface area (Å²) in [5, 5.41) is 8.02. The summed E-state index contributed by atoms with van der Waals surface area (Å²) in [7, 11) is 0. The van der Waals surface area contributed by atoms with Crippen LogP contribution in [0.15, 0.2) is 52.9 Å². The molecule has 1 saturated heterocycles. The van der Waals surface area contributed by atoms with Gasteiger partial charge < -0.3 is 32.8 Å². The summed E-state index contributed by atoms with van der Waals surface area (Å²) >= 11 is 0. The SMILES string of the molecule is CC(=O)OC[C@H]1O[C@@H](Oc2ccc(-c3nnc(-c4ccc(F)cc4)o3)cc2)[C@H](OC(C)=O)[C@@H](OC(C)=O)[C@@H]1OC(C)=O. The summed E-state index contributed by atoms with van der Waals surface area (Å²) in [6.07, 6.45) is -6.58. The molecule has 4 rings (SSSR count). The Morgan fingerprint density at radius 2 is 1.21 bits per heavy atom. The van der Waals surface area contributed by atoms with Crippen molar-refractivity contribution in [3.05, 3.63) is 54.3 Å². The van der Waals surface area contributed by atoms with Gasteiger partial charge in [0.25, 0.3) is 0 Å². The minimum atomic E-state index is -1.38. The number of carbonyl (C=O) groups is 4. The van der Waals surface area contributed by atoms with Crippen molar-refractivity contribution in [2.45, 2.75) is 58.4 Å². The first-order valence-corrected chi connectivity index (χ1v) is 12.7. The molecule has 0 spiro atoms. The van der Waals surface area contributed by atoms with Gasteiger partial charge in [-0.2, -0.15) is 0 Å². The highest BCUT2D eigenvalue weighted by molar-refractivity contribution is 5.69. The van der Waals surface area contributed by atoms with Gasteiger partial charge in [0, 0.05) is 38.8 Å². The fraction of sp³-hybridized carbons (Fsp3) is 0.357. The van der Waals surface area contributed by atoms with Gasteiger partial charge in [0.1, 0.15) is 24.3 Å². The lowest BCUT2D eigenvalue weighted by Crippen LogP contribution is -2.63. The molecule has 0 aliphatic carbocycles. The predicted molar refractivity (Wildman–Crippen MR) is 138 cm³/mol. The Hall–Kier alpha value is -4.85. The third-order valence-corrected chi connectivity index (χ3v) is 5.82. The molecule has 1 aromatic heterocycles. The van der Waals surface area contributed by atoms with Crippen LogP contribution in [0.25, 0.3) is 22.9 Å². The third-order valence-electron chi connectivity index (χ3n) is 5.82. The number of benzene rings is 2. The molecule has 1 fully saturated rings. The smallest absolute Gasteiger partial charge is 0.303 e. The van der Waals surface area contributed by atoms with Crippen molar-refractivity contribution in [3.63, 3.8) is 0 Å². The van der Waals surface area contributed by atoms with Crippen LogP contribution >= 0.6 is 0 Å². The summed E-state index contributed by atoms with van der Waals surface area (Å²) in [5.41, 5.74) is 1.07. The van der Waals surface area contributed by atoms with Crippen molar-refractivity contribution in [2.24, 2.45) is 0 Å². The molecule has 14 heteroatoms. The van der Waals surface area contributed by atoms with Gasteiger partial charge in [-0.3, -0.25) is 19.2 Å². The van der Waals surface area contributed by atoms with Gasteiger partial charge in [-0.1, -0.05) is 0 Å². The third kappa shape index (κ3) is 7.66. The molecule has 13 nitrogen and oxygen atoms in total. The van der Waals surface area contributed by atoms with Crippen LogP contribution in [0.4, 0.5) is 4.39 Å². The average molecular weight is 587 g/mol. The maximum atomic E-state index is 13.2. The number of nitrogens with zero attached hydrogens (tertiary/aromatic N) is 2. The fourth-order valence-electron chi connectivity index (χ4n) is 4.14. The number of esters is 4. The highest BCUT2D eigenvalue weighted by Crippen LogP contribution is 2.32. The lowest BCUT2D eigenvalue weighted by atomic mass is 9.98. The van der Waals surface area contributed by atoms with E-state index in [0.29, 0.717) is 11.1 Å². The number of aromatic nitrogens is 2. The molecular weight excluding hydrogens is 559 g/mol. The van der Waals surface area contributed by atoms with Crippen LogP contribution in [0.3, 0.4) is 0 Å². The van der Waals surface area contributed by atoms with Crippen molar-refractivity contribution in [1.29, 1.82) is 0 Å². The van der Waals surface area contributed by atoms with E-state index in [0.717, 1.165) is 20.8 Å². The quantitative estimate of drug-likeness (QED) is 0.266. The Morgan fingerprint density at radius 1 is 0.714 bits per heavy atom. The van der Waals surface area contributed by atoms with E-state index in [2.05, 4.69) is 10.2 Å². The van der Waals surface area contributed by atoms with Gasteiger partial charge in [-0.25, -0.2) is 4.39 Å². The zero-order valence-electron chi connectivity index (χ0n) is 23.0. The van der Waals surface area contributed by atoms with Crippen LogP contribution in [-0.4, -0.2) is 71.4 Å². The largest absolute Gasteiger partial charge is 0.463 e. The summed E-state index contributed by atoms with van der Waals surface area (Å²) in [4.78, 5) is 47.4. The summed E-state index contributed by atoms with van der Waals surface area (Å²) in [5.74, 6) is -2.67. The Kier molecular flexibility index (Phi) is 9.47. The molecule has 222 valence electrons. The topological polar surface area (TPSA) is 163 Å². The van der Waals surface area contributed by atoms with Crippen LogP contribution in [0.1, 0.15) is 27.7 Å². The molecular formula is C28H27FN2O11. The van der Waals surface area contributed by atoms with Gasteiger partial charge in [-0.15, -0.1) is 10.2 Å². The van der Waals surface area contributed by atoms with E-state index in [1.807, 2.05) is 0 Å². The second kappa shape index (κ2) is 13.2. The number of hydrogen-bond donors (Lipinski definition) is 0. The summed E-state index contributed by atoms with van der Waals surface area (Å²) in [6, 6.07) is 11.9. The van der Waals surface area contributed by atoms with E-state index in [1.165, 1.54) is 31.2 Å². The lowest BCUT2D eigenvalue weighted by molar-refractivity contribution is -0.288. The normalized spacial score (nSPS) is 21.6. The number of halogens is 1. The Bertz CT molecular complexity index is 1420. The van der Waals surface area contributed by atoms with Gasteiger partial charge >= 0.3 is 23.9 Å². The molecule has 1 aliphatic heterocycles. The van der Waals surface area contributed by atoms with E-state index in [9.17, 15) is 23.6 Å². The van der Waals surface area contributed by atoms with Crippen molar-refractivity contribution in [1.82, 2.24) is 10.2 Å². The van der Waals surface area contributed by atoms with Crippen LogP contribution < -0.4 is 4.74 Å². The maximum Gasteiger partial charge on any atom is 0.303 e. The minimum absolute atomic E-state index is 0.188. The predicted octanol–water partition coefficient (Wildman–Crippen LogP) is 3.00. The molecule has 1 aliphatic rings. The Labute approximate surface area is 238 Å². The van der Waals surface area contributed by atoms with Crippen molar-refractivity contribution in [2.75, 3.05) is 6.61 Å². The molecule has 0 bridgehead atoms. The van der Waals surface area contributed by atoms with Crippen molar-refractivity contribution < 1.29 is 56.4 Å². The number of carbonyl (C=O) groups excluding carboxylic acids is 4. The molecule has 42 heavy (non-hydrogen) atoms. The van der Waals surface area contributed by atoms with Gasteiger partial charge in [0.2, 0.25) is 24.2 Å². The second-order valence-electron chi connectivity index (χ2n) is 9.13. The molecule has 2 aromatic carbocycles. The monoisotopic (exact) mass is 586 g/mol. The molecule has 5 atom stereocenters. The fourth-order valence-corrected chi connectivity index (χ4v) is 4.14. The van der Waals surface area contributed by atoms with E-state index in [1.54, 1.807) is 24.3 Å². The molecule has 0 saturated carbocycles. The van der Waals surface area contributed by atoms with Crippen molar-refractivity contribution >= 4 is 23.9 Å². The standard InChI is InChI=1S/C28H27FN2O11/c1-14(32)36-13-22-23(37-15(2)33)24(38-16(3)34)25(39-17(4)35)28(41-22)40-21-11-7-19(8-12-21)27-31-30-26(42-27)18-5-9-20(29)10-6-18/h5-12,22-25,28H,13H2,1-4H3/t22-,23-,24+,25-,28-/m1/s1. The molecule has 0 N–H and O–H groups in total. The van der Waals surface area contributed by atoms with Crippen LogP contribution in [-0.2, 0) is 42.9 Å². The van der Waals surface area contributed by atoms with Gasteiger partial charge in [0.05, 0.1) is 0 Å². The lowest BCUT2D eigenvalue weighted by Gasteiger charge is -2.43. The first-order chi connectivity index (χ1) is 20.0. The maximum absolute atomic E-state index is 13.2. The van der Waals surface area contributed by atoms with Gasteiger partial charge in [0.15, 0.2) is 12.2 Å². The Balaban J connectivity index is 1.59. The average Bonchev–Trinajstić information content (AvgIpc) is 3.41. The minimum Gasteiger partial charge on any atom is -0.463 e. The number of hydrogen-bond acceptors (Lipinski definition) is 13. The molecule has 3 aromatic rings. The molecule has 0 radical (unpaired) electrons. The summed E-state index contributed by atoms with van der Waals surface area (Å²) in [6.45, 7) is 4.18. The zero-order chi connectivity index (χ0) is 30.4. The first-order valence-electron chi connectivity index (χ1n) is 12.7. The molecule has 2 heterocycles. The van der Waals surface area contributed by atoms with Crippen LogP contribution in [0.5, 0.6) is 5.75 Å². The molecule has 0 unspecified atom stereocenters. The number of ether oxygens (including phenoxy) is 6.